The van der Waals surface area contributed by atoms with Crippen molar-refractivity contribution in [2.75, 3.05) is 33.9 Å². The van der Waals surface area contributed by atoms with Crippen LogP contribution in [0.15, 0.2) is 18.5 Å². The molecule has 0 bridgehead atoms. The van der Waals surface area contributed by atoms with Gasteiger partial charge in [-0.1, -0.05) is 0 Å². The zero-order valence-electron chi connectivity index (χ0n) is 16.1. The number of aliphatic carboxylic acids is 1. The summed E-state index contributed by atoms with van der Waals surface area (Å²) in [7, 11) is 3.95. The van der Waals surface area contributed by atoms with Crippen molar-refractivity contribution < 1.29 is 32.5 Å². The number of rotatable bonds is 7. The van der Waals surface area contributed by atoms with Crippen molar-refractivity contribution in [1.82, 2.24) is 9.88 Å². The molecular formula is C19H27F3N2O4. The molecule has 9 heteroatoms. The molecule has 1 saturated heterocycles. The quantitative estimate of drug-likeness (QED) is 0.752. The van der Waals surface area contributed by atoms with Crippen LogP contribution < -0.4 is 4.74 Å². The van der Waals surface area contributed by atoms with Gasteiger partial charge in [0.05, 0.1) is 6.20 Å². The first-order valence-corrected chi connectivity index (χ1v) is 9.29. The molecular weight excluding hydrogens is 377 g/mol. The molecule has 3 atom stereocenters. The van der Waals surface area contributed by atoms with Gasteiger partial charge in [-0.25, -0.2) is 4.79 Å². The minimum Gasteiger partial charge on any atom is -0.490 e. The summed E-state index contributed by atoms with van der Waals surface area (Å²) in [6.45, 7) is 2.83. The highest BCUT2D eigenvalue weighted by Gasteiger charge is 2.38. The van der Waals surface area contributed by atoms with Crippen LogP contribution in [0.2, 0.25) is 0 Å². The molecule has 0 amide bonds. The molecule has 2 aliphatic rings. The molecule has 158 valence electrons. The van der Waals surface area contributed by atoms with E-state index in [0.29, 0.717) is 12.0 Å². The lowest BCUT2D eigenvalue weighted by Gasteiger charge is -2.19. The highest BCUT2D eigenvalue weighted by Crippen LogP contribution is 2.49. The van der Waals surface area contributed by atoms with E-state index in [1.54, 1.807) is 7.11 Å². The Labute approximate surface area is 162 Å². The Morgan fingerprint density at radius 2 is 2.11 bits per heavy atom. The number of ether oxygens (including phenoxy) is 2. The first kappa shape index (κ1) is 22.4. The Morgan fingerprint density at radius 3 is 2.68 bits per heavy atom. The van der Waals surface area contributed by atoms with Crippen molar-refractivity contribution in [2.45, 2.75) is 43.8 Å². The lowest BCUT2D eigenvalue weighted by Crippen LogP contribution is -2.30. The van der Waals surface area contributed by atoms with E-state index in [4.69, 9.17) is 19.4 Å². The Kier molecular flexibility index (Phi) is 8.06. The van der Waals surface area contributed by atoms with Gasteiger partial charge in [0.2, 0.25) is 0 Å². The SMILES string of the molecule is COCC[C@H]1C[C@@H]1c1cncc(OC[C@@H]2CCCN2C)c1.O=C(O)C(F)(F)F. The first-order valence-electron chi connectivity index (χ1n) is 9.29. The molecule has 1 aliphatic carbocycles. The molecule has 6 nitrogen and oxygen atoms in total. The van der Waals surface area contributed by atoms with Gasteiger partial charge in [0, 0.05) is 26.0 Å². The normalized spacial score (nSPS) is 24.4. The second-order valence-electron chi connectivity index (χ2n) is 7.23. The van der Waals surface area contributed by atoms with Crippen LogP contribution in [0.1, 0.15) is 37.2 Å². The maximum Gasteiger partial charge on any atom is 0.490 e. The van der Waals surface area contributed by atoms with Crippen molar-refractivity contribution >= 4 is 5.97 Å². The molecule has 2 heterocycles. The third-order valence-corrected chi connectivity index (χ3v) is 5.13. The summed E-state index contributed by atoms with van der Waals surface area (Å²) in [6.07, 6.45) is 3.69. The highest BCUT2D eigenvalue weighted by molar-refractivity contribution is 5.73. The van der Waals surface area contributed by atoms with Gasteiger partial charge in [0.1, 0.15) is 12.4 Å². The highest BCUT2D eigenvalue weighted by atomic mass is 19.4. The van der Waals surface area contributed by atoms with Gasteiger partial charge in [-0.2, -0.15) is 13.2 Å². The number of halogens is 3. The first-order chi connectivity index (χ1) is 13.2. The number of nitrogens with zero attached hydrogens (tertiary/aromatic N) is 2. The molecule has 1 aromatic heterocycles. The number of pyridine rings is 1. The smallest absolute Gasteiger partial charge is 0.490 e. The van der Waals surface area contributed by atoms with E-state index in [9.17, 15) is 13.2 Å². The molecule has 1 aliphatic heterocycles. The molecule has 0 radical (unpaired) electrons. The summed E-state index contributed by atoms with van der Waals surface area (Å²) in [5.74, 6) is -0.411. The Morgan fingerprint density at radius 1 is 1.39 bits per heavy atom. The van der Waals surface area contributed by atoms with E-state index in [1.807, 2.05) is 12.4 Å². The van der Waals surface area contributed by atoms with Gasteiger partial charge in [-0.15, -0.1) is 0 Å². The van der Waals surface area contributed by atoms with Gasteiger partial charge in [-0.3, -0.25) is 4.98 Å². The van der Waals surface area contributed by atoms with E-state index in [-0.39, 0.29) is 0 Å². The summed E-state index contributed by atoms with van der Waals surface area (Å²) in [5, 5.41) is 7.12. The maximum atomic E-state index is 10.6. The third kappa shape index (κ3) is 6.94. The van der Waals surface area contributed by atoms with Crippen molar-refractivity contribution in [3.63, 3.8) is 0 Å². The Balaban J connectivity index is 0.000000345. The van der Waals surface area contributed by atoms with E-state index in [1.165, 1.54) is 31.4 Å². The van der Waals surface area contributed by atoms with Crippen molar-refractivity contribution in [3.8, 4) is 5.75 Å². The monoisotopic (exact) mass is 404 g/mol. The predicted octanol–water partition coefficient (Wildman–Crippen LogP) is 3.33. The Bertz CT molecular complexity index is 642. The number of hydrogen-bond donors (Lipinski definition) is 1. The van der Waals surface area contributed by atoms with Crippen molar-refractivity contribution in [1.29, 1.82) is 0 Å². The topological polar surface area (TPSA) is 71.9 Å². The zero-order chi connectivity index (χ0) is 20.7. The molecule has 28 heavy (non-hydrogen) atoms. The standard InChI is InChI=1S/C17H26N2O2.C2HF3O2/c1-19-6-3-4-15(19)12-21-16-8-14(10-18-11-16)17-9-13(17)5-7-20-2;3-2(4,5)1(6)7/h8,10-11,13,15,17H,3-7,9,12H2,1-2H3;(H,6,7)/t13-,15-,17-;/m0./s1. The van der Waals surface area contributed by atoms with Crippen molar-refractivity contribution in [2.24, 2.45) is 5.92 Å². The maximum absolute atomic E-state index is 10.6. The van der Waals surface area contributed by atoms with Gasteiger partial charge in [0.25, 0.3) is 0 Å². The molecule has 3 rings (SSSR count). The van der Waals surface area contributed by atoms with Crippen LogP contribution in [-0.2, 0) is 9.53 Å². The van der Waals surface area contributed by atoms with Crippen LogP contribution >= 0.6 is 0 Å². The number of likely N-dealkylation sites (N-methyl/N-ethyl adjacent to an activating group) is 1. The molecule has 2 fully saturated rings. The molecule has 1 N–H and O–H groups in total. The second kappa shape index (κ2) is 10.1. The lowest BCUT2D eigenvalue weighted by atomic mass is 10.1. The minimum atomic E-state index is -5.08. The fraction of sp³-hybridized carbons (Fsp3) is 0.684. The summed E-state index contributed by atoms with van der Waals surface area (Å²) >= 11 is 0. The van der Waals surface area contributed by atoms with E-state index < -0.39 is 12.1 Å². The second-order valence-corrected chi connectivity index (χ2v) is 7.23. The number of carboxylic acids is 1. The summed E-state index contributed by atoms with van der Waals surface area (Å²) in [5.41, 5.74) is 1.33. The van der Waals surface area contributed by atoms with Crippen LogP contribution in [0.4, 0.5) is 13.2 Å². The molecule has 0 unspecified atom stereocenters. The van der Waals surface area contributed by atoms with Crippen LogP contribution in [0.5, 0.6) is 5.75 Å². The predicted molar refractivity (Wildman–Crippen MR) is 96.4 cm³/mol. The molecule has 1 saturated carbocycles. The number of aromatic nitrogens is 1. The number of carbonyl (C=O) groups is 1. The van der Waals surface area contributed by atoms with E-state index in [0.717, 1.165) is 31.3 Å². The number of likely N-dealkylation sites (tertiary alicyclic amines) is 1. The van der Waals surface area contributed by atoms with Gasteiger partial charge in [-0.05, 0) is 62.7 Å². The molecule has 0 aromatic carbocycles. The average molecular weight is 404 g/mol. The lowest BCUT2D eigenvalue weighted by molar-refractivity contribution is -0.192. The zero-order valence-corrected chi connectivity index (χ0v) is 16.1. The van der Waals surface area contributed by atoms with Gasteiger partial charge < -0.3 is 19.5 Å². The summed E-state index contributed by atoms with van der Waals surface area (Å²) in [6, 6.07) is 2.74. The largest absolute Gasteiger partial charge is 0.490 e. The fourth-order valence-corrected chi connectivity index (χ4v) is 3.34. The summed E-state index contributed by atoms with van der Waals surface area (Å²) in [4.78, 5) is 15.6. The van der Waals surface area contributed by atoms with Crippen LogP contribution in [0.25, 0.3) is 0 Å². The molecule has 1 aromatic rings. The van der Waals surface area contributed by atoms with Crippen LogP contribution in [0.3, 0.4) is 0 Å². The minimum absolute atomic E-state index is 0.559. The number of alkyl halides is 3. The average Bonchev–Trinajstić information content (AvgIpc) is 3.31. The van der Waals surface area contributed by atoms with Gasteiger partial charge in [0.15, 0.2) is 0 Å². The van der Waals surface area contributed by atoms with Crippen LogP contribution in [-0.4, -0.2) is 67.1 Å². The van der Waals surface area contributed by atoms with Gasteiger partial charge >= 0.3 is 12.1 Å². The fourth-order valence-electron chi connectivity index (χ4n) is 3.34. The number of hydrogen-bond acceptors (Lipinski definition) is 5. The van der Waals surface area contributed by atoms with Crippen molar-refractivity contribution in [3.05, 3.63) is 24.0 Å². The van der Waals surface area contributed by atoms with E-state index in [2.05, 4.69) is 23.0 Å². The van der Waals surface area contributed by atoms with E-state index >= 15 is 0 Å². The Hall–Kier alpha value is -1.87. The summed E-state index contributed by atoms with van der Waals surface area (Å²) < 4.78 is 42.9. The number of carboxylic acid groups (broad SMARTS) is 1. The number of methoxy groups -OCH3 is 1. The van der Waals surface area contributed by atoms with Crippen LogP contribution in [0, 0.1) is 5.92 Å². The molecule has 0 spiro atoms. The third-order valence-electron chi connectivity index (χ3n) is 5.13.